The van der Waals surface area contributed by atoms with Crippen molar-refractivity contribution < 1.29 is 14.3 Å². The summed E-state index contributed by atoms with van der Waals surface area (Å²) in [6, 6.07) is 19.8. The molecule has 1 N–H and O–H groups in total. The number of amides is 2. The van der Waals surface area contributed by atoms with E-state index in [4.69, 9.17) is 27.9 Å². The Balaban J connectivity index is 1.39. The molecule has 158 valence electrons. The number of hydrogen-bond acceptors (Lipinski definition) is 3. The van der Waals surface area contributed by atoms with E-state index < -0.39 is 0 Å². The first-order valence-electron chi connectivity index (χ1n) is 9.83. The number of rotatable bonds is 5. The molecule has 2 amide bonds. The zero-order valence-corrected chi connectivity index (χ0v) is 18.1. The number of carbonyl (C=O) groups is 2. The molecule has 0 saturated carbocycles. The lowest BCUT2D eigenvalue weighted by Crippen LogP contribution is -2.36. The van der Waals surface area contributed by atoms with Crippen molar-refractivity contribution >= 4 is 40.7 Å². The molecule has 31 heavy (non-hydrogen) atoms. The van der Waals surface area contributed by atoms with Gasteiger partial charge in [-0.1, -0.05) is 47.5 Å². The molecular weight excluding hydrogens is 435 g/mol. The SMILES string of the molecule is O=C(COc1ccc(Cl)cc1Cl)Nc1ccc2c(c1)CN(C(=O)c1ccccc1)CC2. The molecule has 1 aliphatic rings. The van der Waals surface area contributed by atoms with Gasteiger partial charge in [0.2, 0.25) is 0 Å². The van der Waals surface area contributed by atoms with Crippen LogP contribution in [0.2, 0.25) is 10.0 Å². The molecule has 0 spiro atoms. The highest BCUT2D eigenvalue weighted by Crippen LogP contribution is 2.28. The number of benzene rings is 3. The van der Waals surface area contributed by atoms with Gasteiger partial charge < -0.3 is 15.0 Å². The third-order valence-electron chi connectivity index (χ3n) is 5.06. The quantitative estimate of drug-likeness (QED) is 0.575. The van der Waals surface area contributed by atoms with Crippen molar-refractivity contribution in [3.8, 4) is 5.75 Å². The van der Waals surface area contributed by atoms with Crippen LogP contribution < -0.4 is 10.1 Å². The molecule has 4 rings (SSSR count). The fraction of sp³-hybridized carbons (Fsp3) is 0.167. The largest absolute Gasteiger partial charge is 0.482 e. The van der Waals surface area contributed by atoms with Gasteiger partial charge in [-0.3, -0.25) is 9.59 Å². The Kier molecular flexibility index (Phi) is 6.44. The highest BCUT2D eigenvalue weighted by atomic mass is 35.5. The lowest BCUT2D eigenvalue weighted by atomic mass is 9.98. The Morgan fingerprint density at radius 2 is 1.77 bits per heavy atom. The van der Waals surface area contributed by atoms with Gasteiger partial charge in [0.1, 0.15) is 5.75 Å². The van der Waals surface area contributed by atoms with Crippen molar-refractivity contribution in [3.05, 3.63) is 93.5 Å². The molecule has 7 heteroatoms. The zero-order valence-electron chi connectivity index (χ0n) is 16.6. The van der Waals surface area contributed by atoms with Gasteiger partial charge in [-0.15, -0.1) is 0 Å². The van der Waals surface area contributed by atoms with Gasteiger partial charge in [0, 0.05) is 29.4 Å². The van der Waals surface area contributed by atoms with Crippen molar-refractivity contribution in [2.45, 2.75) is 13.0 Å². The molecular formula is C24H20Cl2N2O3. The molecule has 1 heterocycles. The second-order valence-corrected chi connectivity index (χ2v) is 8.08. The lowest BCUT2D eigenvalue weighted by molar-refractivity contribution is -0.118. The highest BCUT2D eigenvalue weighted by molar-refractivity contribution is 6.35. The number of halogens is 2. The molecule has 0 saturated heterocycles. The normalized spacial score (nSPS) is 12.8. The van der Waals surface area contributed by atoms with Crippen LogP contribution in [0.5, 0.6) is 5.75 Å². The molecule has 0 aliphatic carbocycles. The maximum absolute atomic E-state index is 12.8. The predicted octanol–water partition coefficient (Wildman–Crippen LogP) is 5.21. The molecule has 0 fully saturated rings. The molecule has 5 nitrogen and oxygen atoms in total. The summed E-state index contributed by atoms with van der Waals surface area (Å²) in [5.74, 6) is 0.0923. The van der Waals surface area contributed by atoms with Gasteiger partial charge in [-0.25, -0.2) is 0 Å². The first kappa shape index (κ1) is 21.2. The van der Waals surface area contributed by atoms with E-state index >= 15 is 0 Å². The van der Waals surface area contributed by atoms with Gasteiger partial charge in [0.15, 0.2) is 6.61 Å². The topological polar surface area (TPSA) is 58.6 Å². The van der Waals surface area contributed by atoms with E-state index in [-0.39, 0.29) is 18.4 Å². The van der Waals surface area contributed by atoms with Crippen LogP contribution in [0.3, 0.4) is 0 Å². The number of nitrogens with one attached hydrogen (secondary N) is 1. The Hall–Kier alpha value is -3.02. The first-order valence-corrected chi connectivity index (χ1v) is 10.6. The number of carbonyl (C=O) groups excluding carboxylic acids is 2. The standard InChI is InChI=1S/C24H20Cl2N2O3/c25-19-7-9-22(21(26)13-19)31-15-23(29)27-20-8-6-16-10-11-28(14-18(16)12-20)24(30)17-4-2-1-3-5-17/h1-9,12-13H,10-11,14-15H2,(H,27,29). The van der Waals surface area contributed by atoms with Crippen LogP contribution in [0.25, 0.3) is 0 Å². The van der Waals surface area contributed by atoms with E-state index in [1.807, 2.05) is 53.4 Å². The Bertz CT molecular complexity index is 1120. The minimum Gasteiger partial charge on any atom is -0.482 e. The van der Waals surface area contributed by atoms with E-state index in [1.165, 1.54) is 5.56 Å². The number of nitrogens with zero attached hydrogens (tertiary/aromatic N) is 1. The number of ether oxygens (including phenoxy) is 1. The maximum Gasteiger partial charge on any atom is 0.262 e. The second-order valence-electron chi connectivity index (χ2n) is 7.24. The monoisotopic (exact) mass is 454 g/mol. The molecule has 0 unspecified atom stereocenters. The van der Waals surface area contributed by atoms with Crippen molar-refractivity contribution in [1.29, 1.82) is 0 Å². The van der Waals surface area contributed by atoms with Crippen molar-refractivity contribution in [3.63, 3.8) is 0 Å². The number of fused-ring (bicyclic) bond motifs is 1. The molecule has 0 aromatic heterocycles. The minimum atomic E-state index is -0.306. The Morgan fingerprint density at radius 3 is 2.55 bits per heavy atom. The fourth-order valence-electron chi connectivity index (χ4n) is 3.50. The Morgan fingerprint density at radius 1 is 0.968 bits per heavy atom. The van der Waals surface area contributed by atoms with Crippen LogP contribution in [-0.4, -0.2) is 29.9 Å². The van der Waals surface area contributed by atoms with Crippen molar-refractivity contribution in [1.82, 2.24) is 4.90 Å². The summed E-state index contributed by atoms with van der Waals surface area (Å²) in [7, 11) is 0. The van der Waals surface area contributed by atoms with Crippen LogP contribution in [0.15, 0.2) is 66.7 Å². The molecule has 3 aromatic carbocycles. The van der Waals surface area contributed by atoms with Crippen LogP contribution >= 0.6 is 23.2 Å². The average Bonchev–Trinajstić information content (AvgIpc) is 2.78. The van der Waals surface area contributed by atoms with Crippen molar-refractivity contribution in [2.75, 3.05) is 18.5 Å². The van der Waals surface area contributed by atoms with Crippen LogP contribution in [0, 0.1) is 0 Å². The molecule has 3 aromatic rings. The zero-order chi connectivity index (χ0) is 21.8. The van der Waals surface area contributed by atoms with Crippen molar-refractivity contribution in [2.24, 2.45) is 0 Å². The summed E-state index contributed by atoms with van der Waals surface area (Å²) in [4.78, 5) is 26.9. The molecule has 0 atom stereocenters. The fourth-order valence-corrected chi connectivity index (χ4v) is 3.97. The number of hydrogen-bond donors (Lipinski definition) is 1. The van der Waals surface area contributed by atoms with E-state index in [9.17, 15) is 9.59 Å². The van der Waals surface area contributed by atoms with E-state index in [2.05, 4.69) is 5.32 Å². The van der Waals surface area contributed by atoms with Crippen LogP contribution in [0.4, 0.5) is 5.69 Å². The molecule has 1 aliphatic heterocycles. The summed E-state index contributed by atoms with van der Waals surface area (Å²) in [5.41, 5.74) is 3.53. The summed E-state index contributed by atoms with van der Waals surface area (Å²) in [5, 5.41) is 3.67. The van der Waals surface area contributed by atoms with E-state index in [1.54, 1.807) is 18.2 Å². The van der Waals surface area contributed by atoms with E-state index in [0.717, 1.165) is 12.0 Å². The van der Waals surface area contributed by atoms with Gasteiger partial charge >= 0.3 is 0 Å². The van der Waals surface area contributed by atoms with Gasteiger partial charge in [-0.05, 0) is 60.0 Å². The summed E-state index contributed by atoms with van der Waals surface area (Å²) < 4.78 is 5.48. The molecule has 0 radical (unpaired) electrons. The van der Waals surface area contributed by atoms with Crippen LogP contribution in [-0.2, 0) is 17.8 Å². The lowest BCUT2D eigenvalue weighted by Gasteiger charge is -2.29. The first-order chi connectivity index (χ1) is 15.0. The second kappa shape index (κ2) is 9.41. The summed E-state index contributed by atoms with van der Waals surface area (Å²) in [6.07, 6.45) is 0.778. The molecule has 0 bridgehead atoms. The average molecular weight is 455 g/mol. The van der Waals surface area contributed by atoms with Crippen LogP contribution in [0.1, 0.15) is 21.5 Å². The predicted molar refractivity (Wildman–Crippen MR) is 122 cm³/mol. The summed E-state index contributed by atoms with van der Waals surface area (Å²) >= 11 is 11.9. The van der Waals surface area contributed by atoms with Gasteiger partial charge in [-0.2, -0.15) is 0 Å². The summed E-state index contributed by atoms with van der Waals surface area (Å²) in [6.45, 7) is 0.989. The third kappa shape index (κ3) is 5.19. The van der Waals surface area contributed by atoms with Gasteiger partial charge in [0.05, 0.1) is 5.02 Å². The van der Waals surface area contributed by atoms with Gasteiger partial charge in [0.25, 0.3) is 11.8 Å². The third-order valence-corrected chi connectivity index (χ3v) is 5.59. The number of anilines is 1. The Labute approximate surface area is 190 Å². The minimum absolute atomic E-state index is 0.00827. The maximum atomic E-state index is 12.8. The van der Waals surface area contributed by atoms with E-state index in [0.29, 0.717) is 40.1 Å². The smallest absolute Gasteiger partial charge is 0.262 e. The highest BCUT2D eigenvalue weighted by Gasteiger charge is 2.22.